The highest BCUT2D eigenvalue weighted by atomic mass is 19.4. The van der Waals surface area contributed by atoms with E-state index in [4.69, 9.17) is 0 Å². The number of aromatic nitrogens is 3. The maximum atomic E-state index is 13.4. The van der Waals surface area contributed by atoms with E-state index < -0.39 is 11.7 Å². The fraction of sp³-hybridized carbons (Fsp3) is 0.381. The Labute approximate surface area is 170 Å². The number of hydrogen-bond donors (Lipinski definition) is 0. The molecule has 0 saturated carbocycles. The van der Waals surface area contributed by atoms with Crippen molar-refractivity contribution in [3.63, 3.8) is 0 Å². The van der Waals surface area contributed by atoms with E-state index in [0.29, 0.717) is 43.0 Å². The predicted octanol–water partition coefficient (Wildman–Crippen LogP) is 2.92. The van der Waals surface area contributed by atoms with E-state index in [1.54, 1.807) is 22.6 Å². The summed E-state index contributed by atoms with van der Waals surface area (Å²) in [4.78, 5) is 25.2. The van der Waals surface area contributed by atoms with Gasteiger partial charge in [-0.25, -0.2) is 9.97 Å². The van der Waals surface area contributed by atoms with E-state index in [-0.39, 0.29) is 23.2 Å². The molecule has 6 nitrogen and oxygen atoms in total. The smallest absolute Gasteiger partial charge is 0.355 e. The Hall–Kier alpha value is -3.10. The summed E-state index contributed by atoms with van der Waals surface area (Å²) in [7, 11) is 1.71. The van der Waals surface area contributed by atoms with Crippen LogP contribution in [0.1, 0.15) is 5.56 Å². The number of anilines is 2. The van der Waals surface area contributed by atoms with E-state index >= 15 is 0 Å². The maximum Gasteiger partial charge on any atom is 0.419 e. The third kappa shape index (κ3) is 3.00. The largest absolute Gasteiger partial charge is 0.419 e. The summed E-state index contributed by atoms with van der Waals surface area (Å²) in [5, 5.41) is 0.573. The Balaban J connectivity index is 1.40. The topological polar surface area (TPSA) is 54.3 Å². The first-order valence-corrected chi connectivity index (χ1v) is 9.81. The normalized spacial score (nSPS) is 21.5. The van der Waals surface area contributed by atoms with Crippen molar-refractivity contribution in [2.45, 2.75) is 6.18 Å². The molecule has 2 aliphatic rings. The SMILES string of the molecule is Cn1c(N2CC3CN(c4ncccc4C(F)(F)F)CC3C2)nc2ccccc2c1=O. The molecule has 2 aliphatic heterocycles. The molecule has 1 aromatic carbocycles. The lowest BCUT2D eigenvalue weighted by Gasteiger charge is -2.26. The number of alkyl halides is 3. The van der Waals surface area contributed by atoms with Gasteiger partial charge in [0.15, 0.2) is 0 Å². The van der Waals surface area contributed by atoms with Crippen LogP contribution in [0.15, 0.2) is 47.4 Å². The van der Waals surface area contributed by atoms with E-state index in [1.165, 1.54) is 12.3 Å². The molecule has 2 unspecified atom stereocenters. The number of hydrogen-bond acceptors (Lipinski definition) is 5. The lowest BCUT2D eigenvalue weighted by atomic mass is 10.0. The predicted molar refractivity (Wildman–Crippen MR) is 108 cm³/mol. The standard InChI is InChI=1S/C21H20F3N5O/c1-27-19(30)15-5-2-3-7-17(15)26-20(27)29-11-13-9-28(10-14(13)12-29)18-16(21(22,23)24)6-4-8-25-18/h2-8,13-14H,9-12H2,1H3. The van der Waals surface area contributed by atoms with Crippen LogP contribution in [0.2, 0.25) is 0 Å². The molecule has 0 N–H and O–H groups in total. The Kier molecular flexibility index (Phi) is 4.23. The molecule has 3 aromatic rings. The third-order valence-corrected chi connectivity index (χ3v) is 6.12. The highest BCUT2D eigenvalue weighted by Gasteiger charge is 2.44. The molecule has 0 aliphatic carbocycles. The van der Waals surface area contributed by atoms with Gasteiger partial charge >= 0.3 is 6.18 Å². The highest BCUT2D eigenvalue weighted by Crippen LogP contribution is 2.40. The van der Waals surface area contributed by atoms with Gasteiger partial charge < -0.3 is 9.80 Å². The van der Waals surface area contributed by atoms with Crippen molar-refractivity contribution in [3.8, 4) is 0 Å². The first-order chi connectivity index (χ1) is 14.3. The van der Waals surface area contributed by atoms with Gasteiger partial charge in [-0.15, -0.1) is 0 Å². The minimum Gasteiger partial charge on any atom is -0.355 e. The second-order valence-corrected chi connectivity index (χ2v) is 8.00. The van der Waals surface area contributed by atoms with Gasteiger partial charge in [0, 0.05) is 51.3 Å². The summed E-state index contributed by atoms with van der Waals surface area (Å²) in [6, 6.07) is 9.64. The Morgan fingerprint density at radius 3 is 2.33 bits per heavy atom. The van der Waals surface area contributed by atoms with Crippen molar-refractivity contribution < 1.29 is 13.2 Å². The van der Waals surface area contributed by atoms with Crippen molar-refractivity contribution in [1.82, 2.24) is 14.5 Å². The molecule has 156 valence electrons. The molecule has 4 heterocycles. The van der Waals surface area contributed by atoms with E-state index in [1.807, 2.05) is 18.2 Å². The fourth-order valence-electron chi connectivity index (χ4n) is 4.69. The van der Waals surface area contributed by atoms with Crippen molar-refractivity contribution in [1.29, 1.82) is 0 Å². The minimum absolute atomic E-state index is 0.00202. The lowest BCUT2D eigenvalue weighted by molar-refractivity contribution is -0.137. The molecular formula is C21H20F3N5O. The molecular weight excluding hydrogens is 395 g/mol. The monoisotopic (exact) mass is 415 g/mol. The Morgan fingerprint density at radius 1 is 0.967 bits per heavy atom. The Bertz CT molecular complexity index is 1160. The molecule has 0 amide bonds. The zero-order valence-electron chi connectivity index (χ0n) is 16.3. The quantitative estimate of drug-likeness (QED) is 0.644. The molecule has 2 saturated heterocycles. The van der Waals surface area contributed by atoms with Crippen LogP contribution in [0.25, 0.3) is 10.9 Å². The van der Waals surface area contributed by atoms with Gasteiger partial charge in [0.2, 0.25) is 5.95 Å². The fourth-order valence-corrected chi connectivity index (χ4v) is 4.69. The maximum absolute atomic E-state index is 13.4. The number of nitrogens with zero attached hydrogens (tertiary/aromatic N) is 5. The summed E-state index contributed by atoms with van der Waals surface area (Å²) in [5.41, 5.74) is -0.143. The Morgan fingerprint density at radius 2 is 1.63 bits per heavy atom. The van der Waals surface area contributed by atoms with Gasteiger partial charge in [0.25, 0.3) is 5.56 Å². The molecule has 5 rings (SSSR count). The van der Waals surface area contributed by atoms with Crippen LogP contribution in [0.5, 0.6) is 0 Å². The second-order valence-electron chi connectivity index (χ2n) is 8.00. The van der Waals surface area contributed by atoms with Crippen LogP contribution in [0.4, 0.5) is 24.9 Å². The first kappa shape index (κ1) is 18.9. The van der Waals surface area contributed by atoms with Gasteiger partial charge in [-0.1, -0.05) is 12.1 Å². The number of pyridine rings is 1. The summed E-state index contributed by atoms with van der Waals surface area (Å²) < 4.78 is 41.7. The van der Waals surface area contributed by atoms with E-state index in [9.17, 15) is 18.0 Å². The van der Waals surface area contributed by atoms with Gasteiger partial charge in [-0.2, -0.15) is 13.2 Å². The summed E-state index contributed by atoms with van der Waals surface area (Å²) in [6.07, 6.45) is -3.03. The van der Waals surface area contributed by atoms with Gasteiger partial charge in [0.05, 0.1) is 16.5 Å². The van der Waals surface area contributed by atoms with Gasteiger partial charge in [0.1, 0.15) is 5.82 Å². The van der Waals surface area contributed by atoms with Gasteiger partial charge in [-0.3, -0.25) is 9.36 Å². The molecule has 2 atom stereocenters. The van der Waals surface area contributed by atoms with Crippen LogP contribution in [-0.4, -0.2) is 40.7 Å². The van der Waals surface area contributed by atoms with Crippen molar-refractivity contribution in [3.05, 3.63) is 58.5 Å². The number of fused-ring (bicyclic) bond motifs is 2. The van der Waals surface area contributed by atoms with E-state index in [2.05, 4.69) is 14.9 Å². The molecule has 30 heavy (non-hydrogen) atoms. The number of para-hydroxylation sites is 1. The molecule has 2 fully saturated rings. The van der Waals surface area contributed by atoms with Crippen LogP contribution in [0, 0.1) is 11.8 Å². The average molecular weight is 415 g/mol. The van der Waals surface area contributed by atoms with E-state index in [0.717, 1.165) is 6.07 Å². The van der Waals surface area contributed by atoms with Crippen molar-refractivity contribution in [2.24, 2.45) is 18.9 Å². The lowest BCUT2D eigenvalue weighted by Crippen LogP contribution is -2.34. The number of halogens is 3. The molecule has 9 heteroatoms. The molecule has 2 aromatic heterocycles. The van der Waals surface area contributed by atoms with Crippen LogP contribution >= 0.6 is 0 Å². The molecule has 0 radical (unpaired) electrons. The number of rotatable bonds is 2. The summed E-state index contributed by atoms with van der Waals surface area (Å²) in [5.74, 6) is 0.989. The van der Waals surface area contributed by atoms with Crippen LogP contribution < -0.4 is 15.4 Å². The third-order valence-electron chi connectivity index (χ3n) is 6.12. The zero-order valence-corrected chi connectivity index (χ0v) is 16.3. The zero-order chi connectivity index (χ0) is 21.0. The van der Waals surface area contributed by atoms with Crippen LogP contribution in [0.3, 0.4) is 0 Å². The highest BCUT2D eigenvalue weighted by molar-refractivity contribution is 5.78. The molecule has 0 bridgehead atoms. The van der Waals surface area contributed by atoms with Crippen molar-refractivity contribution >= 4 is 22.7 Å². The number of benzene rings is 1. The second kappa shape index (κ2) is 6.72. The van der Waals surface area contributed by atoms with Gasteiger partial charge in [-0.05, 0) is 24.3 Å². The minimum atomic E-state index is -4.43. The van der Waals surface area contributed by atoms with Crippen LogP contribution in [-0.2, 0) is 13.2 Å². The summed E-state index contributed by atoms with van der Waals surface area (Å²) >= 11 is 0. The average Bonchev–Trinajstić information content (AvgIpc) is 3.29. The molecule has 0 spiro atoms. The van der Waals surface area contributed by atoms with Crippen molar-refractivity contribution in [2.75, 3.05) is 36.0 Å². The first-order valence-electron chi connectivity index (χ1n) is 9.81. The summed E-state index contributed by atoms with van der Waals surface area (Å²) in [6.45, 7) is 2.30.